The van der Waals surface area contributed by atoms with E-state index in [4.69, 9.17) is 0 Å². The molecule has 1 aromatic heterocycles. The van der Waals surface area contributed by atoms with Gasteiger partial charge < -0.3 is 10.6 Å². The molecule has 0 saturated carbocycles. The van der Waals surface area contributed by atoms with Gasteiger partial charge in [-0.1, -0.05) is 33.3 Å². The number of carbonyl (C=O) groups excluding carboxylic acids is 1. The quantitative estimate of drug-likeness (QED) is 0.388. The van der Waals surface area contributed by atoms with Crippen LogP contribution in [0.25, 0.3) is 5.69 Å². The van der Waals surface area contributed by atoms with Crippen LogP contribution >= 0.6 is 0 Å². The third-order valence-corrected chi connectivity index (χ3v) is 5.37. The molecule has 0 radical (unpaired) electrons. The van der Waals surface area contributed by atoms with Gasteiger partial charge in [0.25, 0.3) is 0 Å². The van der Waals surface area contributed by atoms with Crippen LogP contribution in [-0.2, 0) is 19.4 Å². The van der Waals surface area contributed by atoms with Gasteiger partial charge in [0.2, 0.25) is 0 Å². The number of unbranched alkanes of at least 4 members (excludes halogenated alkanes) is 1. The van der Waals surface area contributed by atoms with E-state index in [2.05, 4.69) is 28.0 Å². The highest BCUT2D eigenvalue weighted by molar-refractivity contribution is 5.99. The molecule has 6 nitrogen and oxygen atoms in total. The van der Waals surface area contributed by atoms with Crippen molar-refractivity contribution in [2.75, 3.05) is 17.2 Å². The number of halogens is 3. The molecule has 0 atom stereocenters. The molecule has 3 N–H and O–H groups in total. The predicted molar refractivity (Wildman–Crippen MR) is 128 cm³/mol. The number of nitrogens with one attached hydrogen (secondary N) is 3. The number of aromatic nitrogens is 2. The largest absolute Gasteiger partial charge is 0.324 e. The summed E-state index contributed by atoms with van der Waals surface area (Å²) in [4.78, 5) is 12.5. The number of amides is 2. The Morgan fingerprint density at radius 2 is 1.79 bits per heavy atom. The average molecular weight is 474 g/mol. The van der Waals surface area contributed by atoms with E-state index in [9.17, 15) is 18.0 Å². The van der Waals surface area contributed by atoms with Gasteiger partial charge in [-0.2, -0.15) is 5.10 Å². The lowest BCUT2D eigenvalue weighted by molar-refractivity contribution is 0.262. The van der Waals surface area contributed by atoms with Crippen LogP contribution in [0.2, 0.25) is 0 Å². The first-order valence-electron chi connectivity index (χ1n) is 11.6. The van der Waals surface area contributed by atoms with Crippen LogP contribution in [0.4, 0.5) is 29.5 Å². The normalized spacial score (nSPS) is 12.4. The molecule has 2 heterocycles. The lowest BCUT2D eigenvalue weighted by Crippen LogP contribution is -2.24. The molecule has 0 unspecified atom stereocenters. The van der Waals surface area contributed by atoms with Crippen molar-refractivity contribution in [2.24, 2.45) is 0 Å². The number of urea groups is 1. The highest BCUT2D eigenvalue weighted by atomic mass is 19.2. The van der Waals surface area contributed by atoms with E-state index in [1.807, 2.05) is 32.0 Å². The van der Waals surface area contributed by atoms with Crippen LogP contribution in [-0.4, -0.2) is 22.4 Å². The Morgan fingerprint density at radius 3 is 2.56 bits per heavy atom. The molecule has 34 heavy (non-hydrogen) atoms. The first-order chi connectivity index (χ1) is 16.4. The Balaban J connectivity index is 0.00000158. The summed E-state index contributed by atoms with van der Waals surface area (Å²) in [5.41, 5.74) is 3.58. The van der Waals surface area contributed by atoms with Crippen molar-refractivity contribution in [1.82, 2.24) is 15.1 Å². The van der Waals surface area contributed by atoms with Crippen LogP contribution in [0.5, 0.6) is 0 Å². The minimum Gasteiger partial charge on any atom is -0.312 e. The van der Waals surface area contributed by atoms with Crippen molar-refractivity contribution in [3.05, 3.63) is 70.7 Å². The Bertz CT molecular complexity index is 1150. The first kappa shape index (κ1) is 25.3. The molecule has 1 aliphatic heterocycles. The maximum atomic E-state index is 13.9. The number of carbonyl (C=O) groups is 1. The van der Waals surface area contributed by atoms with Crippen molar-refractivity contribution < 1.29 is 18.0 Å². The molecular formula is C25H30F3N5O. The van der Waals surface area contributed by atoms with E-state index >= 15 is 0 Å². The van der Waals surface area contributed by atoms with Gasteiger partial charge in [0.15, 0.2) is 11.6 Å². The number of rotatable bonds is 6. The lowest BCUT2D eigenvalue weighted by Gasteiger charge is -2.18. The van der Waals surface area contributed by atoms with Crippen LogP contribution < -0.4 is 16.0 Å². The molecule has 9 heteroatoms. The minimum atomic E-state index is -1.32. The summed E-state index contributed by atoms with van der Waals surface area (Å²) in [5.74, 6) is -3.25. The van der Waals surface area contributed by atoms with Gasteiger partial charge in [-0.15, -0.1) is 0 Å². The van der Waals surface area contributed by atoms with Gasteiger partial charge in [-0.3, -0.25) is 5.32 Å². The van der Waals surface area contributed by atoms with Gasteiger partial charge in [0, 0.05) is 24.7 Å². The molecule has 0 saturated heterocycles. The summed E-state index contributed by atoms with van der Waals surface area (Å²) in [6.07, 6.45) is 3.58. The number of aryl methyl sites for hydroxylation is 1. The monoisotopic (exact) mass is 473 g/mol. The molecular weight excluding hydrogens is 443 g/mol. The van der Waals surface area contributed by atoms with E-state index in [1.54, 1.807) is 10.7 Å². The minimum absolute atomic E-state index is 0.389. The molecule has 0 spiro atoms. The van der Waals surface area contributed by atoms with Crippen LogP contribution in [0, 0.1) is 17.5 Å². The smallest absolute Gasteiger partial charge is 0.312 e. The number of hydrogen-bond donors (Lipinski definition) is 3. The van der Waals surface area contributed by atoms with Gasteiger partial charge >= 0.3 is 6.03 Å². The Kier molecular flexibility index (Phi) is 8.70. The maximum Gasteiger partial charge on any atom is 0.324 e. The molecule has 2 aromatic carbocycles. The number of hydrogen-bond acceptors (Lipinski definition) is 3. The van der Waals surface area contributed by atoms with E-state index in [1.165, 1.54) is 11.1 Å². The van der Waals surface area contributed by atoms with Crippen molar-refractivity contribution in [1.29, 1.82) is 0 Å². The van der Waals surface area contributed by atoms with E-state index in [0.717, 1.165) is 50.2 Å². The molecule has 0 fully saturated rings. The summed E-state index contributed by atoms with van der Waals surface area (Å²) in [5, 5.41) is 12.9. The van der Waals surface area contributed by atoms with Crippen molar-refractivity contribution in [3.8, 4) is 5.69 Å². The van der Waals surface area contributed by atoms with Crippen LogP contribution in [0.1, 0.15) is 50.4 Å². The second-order valence-electron chi connectivity index (χ2n) is 7.74. The second kappa shape index (κ2) is 11.7. The molecule has 0 bridgehead atoms. The van der Waals surface area contributed by atoms with Crippen LogP contribution in [0.15, 0.2) is 36.4 Å². The van der Waals surface area contributed by atoms with Gasteiger partial charge in [-0.25, -0.2) is 22.6 Å². The number of nitrogens with zero attached hydrogens (tertiary/aromatic N) is 2. The molecule has 182 valence electrons. The maximum absolute atomic E-state index is 13.9. The number of fused-ring (bicyclic) bond motifs is 1. The number of anilines is 2. The second-order valence-corrected chi connectivity index (χ2v) is 7.74. The zero-order chi connectivity index (χ0) is 24.7. The van der Waals surface area contributed by atoms with Crippen LogP contribution in [0.3, 0.4) is 0 Å². The summed E-state index contributed by atoms with van der Waals surface area (Å²) in [6.45, 7) is 7.78. The fraction of sp³-hybridized carbons (Fsp3) is 0.360. The Morgan fingerprint density at radius 1 is 1.03 bits per heavy atom. The summed E-state index contributed by atoms with van der Waals surface area (Å²) >= 11 is 0. The zero-order valence-corrected chi connectivity index (χ0v) is 19.6. The Labute approximate surface area is 197 Å². The topological polar surface area (TPSA) is 71.0 Å². The zero-order valence-electron chi connectivity index (χ0n) is 19.6. The molecule has 2 amide bonds. The van der Waals surface area contributed by atoms with Crippen molar-refractivity contribution in [3.63, 3.8) is 0 Å². The summed E-state index contributed by atoms with van der Waals surface area (Å²) < 4.78 is 42.1. The molecule has 3 aromatic rings. The highest BCUT2D eigenvalue weighted by Crippen LogP contribution is 2.24. The standard InChI is InChI=1S/C23H24F3N5O.C2H6/c1-2-3-4-16-10-22(29-23(32)28-21-12-19(25)18(24)11-20(21)26)31(30-16)17-6-5-15-13-27-8-7-14(15)9-17;1-2/h5-6,9-12,27H,2-4,7-8,13H2,1H3,(H2,28,29,32);1-2H3. The van der Waals surface area contributed by atoms with E-state index < -0.39 is 29.2 Å². The lowest BCUT2D eigenvalue weighted by atomic mass is 10.0. The predicted octanol–water partition coefficient (Wildman–Crippen LogP) is 5.95. The third kappa shape index (κ3) is 5.96. The summed E-state index contributed by atoms with van der Waals surface area (Å²) in [7, 11) is 0. The molecule has 1 aliphatic rings. The third-order valence-electron chi connectivity index (χ3n) is 5.37. The van der Waals surface area contributed by atoms with E-state index in [-0.39, 0.29) is 0 Å². The van der Waals surface area contributed by atoms with Gasteiger partial charge in [-0.05, 0) is 49.1 Å². The fourth-order valence-electron chi connectivity index (χ4n) is 3.68. The SMILES string of the molecule is CC.CCCCc1cc(NC(=O)Nc2cc(F)c(F)cc2F)n(-c2ccc3c(c2)CCNC3)n1. The van der Waals surface area contributed by atoms with Gasteiger partial charge in [0.05, 0.1) is 17.1 Å². The first-order valence-corrected chi connectivity index (χ1v) is 11.6. The fourth-order valence-corrected chi connectivity index (χ4v) is 3.68. The van der Waals surface area contributed by atoms with Gasteiger partial charge in [0.1, 0.15) is 11.6 Å². The molecule has 0 aliphatic carbocycles. The Hall–Kier alpha value is -3.33. The number of benzene rings is 2. The highest BCUT2D eigenvalue weighted by Gasteiger charge is 2.17. The van der Waals surface area contributed by atoms with Crippen molar-refractivity contribution in [2.45, 2.75) is 53.0 Å². The average Bonchev–Trinajstić information content (AvgIpc) is 3.24. The van der Waals surface area contributed by atoms with E-state index in [0.29, 0.717) is 18.0 Å². The molecule has 4 rings (SSSR count). The van der Waals surface area contributed by atoms with Crippen molar-refractivity contribution >= 4 is 17.5 Å². The summed E-state index contributed by atoms with van der Waals surface area (Å²) in [6, 6.07) is 7.97.